The molecule has 0 aromatic carbocycles. The number of rotatable bonds is 11. The van der Waals surface area contributed by atoms with Gasteiger partial charge in [0.15, 0.2) is 0 Å². The van der Waals surface area contributed by atoms with Gasteiger partial charge >= 0.3 is 0 Å². The summed E-state index contributed by atoms with van der Waals surface area (Å²) in [5.74, 6) is 0. The van der Waals surface area contributed by atoms with Crippen LogP contribution in [0, 0.1) is 0 Å². The molecule has 112 valence electrons. The summed E-state index contributed by atoms with van der Waals surface area (Å²) < 4.78 is 0. The summed E-state index contributed by atoms with van der Waals surface area (Å²) >= 11 is 0. The summed E-state index contributed by atoms with van der Waals surface area (Å²) in [6, 6.07) is 0. The van der Waals surface area contributed by atoms with Gasteiger partial charge in [-0.15, -0.1) is 17.0 Å². The molecule has 1 nitrogen and oxygen atoms in total. The number of nitrogens with zero attached hydrogens (tertiary/aromatic N) is 1. The highest BCUT2D eigenvalue weighted by Crippen LogP contribution is 2.11. The van der Waals surface area contributed by atoms with E-state index in [0.717, 1.165) is 6.54 Å². The summed E-state index contributed by atoms with van der Waals surface area (Å²) in [5.41, 5.74) is 0. The van der Waals surface area contributed by atoms with Crippen LogP contribution >= 0.6 is 17.0 Å². The van der Waals surface area contributed by atoms with E-state index < -0.39 is 0 Å². The Balaban J connectivity index is 0.00000324. The van der Waals surface area contributed by atoms with Gasteiger partial charge in [0.1, 0.15) is 0 Å². The van der Waals surface area contributed by atoms with Crippen LogP contribution in [0.1, 0.15) is 71.1 Å². The van der Waals surface area contributed by atoms with E-state index in [9.17, 15) is 0 Å². The lowest BCUT2D eigenvalue weighted by Gasteiger charge is -2.20. The third-order valence-corrected chi connectivity index (χ3v) is 3.68. The molecule has 0 saturated heterocycles. The van der Waals surface area contributed by atoms with E-state index in [0.29, 0.717) is 0 Å². The largest absolute Gasteiger partial charge is 0.374 e. The van der Waals surface area contributed by atoms with Gasteiger partial charge in [-0.2, -0.15) is 0 Å². The molecule has 0 saturated carbocycles. The minimum atomic E-state index is 0. The highest BCUT2D eigenvalue weighted by atomic mass is 79.9. The molecule has 0 aliphatic carbocycles. The van der Waals surface area contributed by atoms with Crippen molar-refractivity contribution in [2.45, 2.75) is 71.1 Å². The number of hydrogen-bond donors (Lipinski definition) is 0. The SMILES string of the molecule is Br.CCCCCCCCCCCCN1C=CC=CC1. The van der Waals surface area contributed by atoms with E-state index in [4.69, 9.17) is 0 Å². The van der Waals surface area contributed by atoms with Crippen LogP contribution in [0.15, 0.2) is 24.4 Å². The number of halogens is 1. The van der Waals surface area contributed by atoms with E-state index in [1.54, 1.807) is 0 Å². The van der Waals surface area contributed by atoms with Gasteiger partial charge in [0.05, 0.1) is 0 Å². The molecule has 0 aromatic rings. The number of allylic oxidation sites excluding steroid dienone is 2. The van der Waals surface area contributed by atoms with Crippen molar-refractivity contribution in [1.29, 1.82) is 0 Å². The summed E-state index contributed by atoms with van der Waals surface area (Å²) in [6.07, 6.45) is 23.0. The fraction of sp³-hybridized carbons (Fsp3) is 0.765. The lowest BCUT2D eigenvalue weighted by atomic mass is 10.1. The molecule has 1 heterocycles. The third kappa shape index (κ3) is 11.3. The van der Waals surface area contributed by atoms with Crippen LogP contribution in [0.2, 0.25) is 0 Å². The monoisotopic (exact) mass is 329 g/mol. The van der Waals surface area contributed by atoms with Gasteiger partial charge in [-0.25, -0.2) is 0 Å². The Hall–Kier alpha value is -0.240. The molecule has 2 heteroatoms. The van der Waals surface area contributed by atoms with Crippen molar-refractivity contribution in [1.82, 2.24) is 4.90 Å². The molecule has 0 radical (unpaired) electrons. The predicted octanol–water partition coefficient (Wildman–Crippen LogP) is 5.87. The first-order valence-electron chi connectivity index (χ1n) is 8.01. The van der Waals surface area contributed by atoms with E-state index in [1.807, 2.05) is 0 Å². The van der Waals surface area contributed by atoms with Gasteiger partial charge in [-0.05, 0) is 18.7 Å². The van der Waals surface area contributed by atoms with Crippen molar-refractivity contribution in [3.8, 4) is 0 Å². The van der Waals surface area contributed by atoms with Crippen molar-refractivity contribution in [2.75, 3.05) is 13.1 Å². The lowest BCUT2D eigenvalue weighted by molar-refractivity contribution is 0.392. The van der Waals surface area contributed by atoms with Crippen LogP contribution in [-0.4, -0.2) is 18.0 Å². The summed E-state index contributed by atoms with van der Waals surface area (Å²) in [7, 11) is 0. The van der Waals surface area contributed by atoms with Crippen molar-refractivity contribution < 1.29 is 0 Å². The molecule has 0 amide bonds. The molecule has 0 unspecified atom stereocenters. The van der Waals surface area contributed by atoms with Crippen molar-refractivity contribution >= 4 is 17.0 Å². The molecule has 1 aliphatic rings. The third-order valence-electron chi connectivity index (χ3n) is 3.68. The highest BCUT2D eigenvalue weighted by molar-refractivity contribution is 8.93. The van der Waals surface area contributed by atoms with E-state index in [2.05, 4.69) is 36.3 Å². The molecule has 0 bridgehead atoms. The van der Waals surface area contributed by atoms with Crippen LogP contribution in [0.25, 0.3) is 0 Å². The maximum absolute atomic E-state index is 2.41. The Morgan fingerprint density at radius 1 is 0.789 bits per heavy atom. The summed E-state index contributed by atoms with van der Waals surface area (Å²) in [6.45, 7) is 4.62. The Kier molecular flexibility index (Phi) is 14.0. The van der Waals surface area contributed by atoms with Crippen molar-refractivity contribution in [3.63, 3.8) is 0 Å². The average molecular weight is 330 g/mol. The fourth-order valence-corrected chi connectivity index (χ4v) is 2.48. The molecular weight excluding hydrogens is 298 g/mol. The quantitative estimate of drug-likeness (QED) is 0.428. The molecule has 0 atom stereocenters. The maximum Gasteiger partial charge on any atom is 0.0357 e. The molecular formula is C17H32BrN. The van der Waals surface area contributed by atoms with Crippen LogP contribution in [0.4, 0.5) is 0 Å². The second-order valence-electron chi connectivity index (χ2n) is 5.45. The van der Waals surface area contributed by atoms with Crippen LogP contribution in [-0.2, 0) is 0 Å². The van der Waals surface area contributed by atoms with Gasteiger partial charge in [-0.3, -0.25) is 0 Å². The predicted molar refractivity (Wildman–Crippen MR) is 92.0 cm³/mol. The first-order chi connectivity index (χ1) is 8.93. The van der Waals surface area contributed by atoms with Gasteiger partial charge in [0.25, 0.3) is 0 Å². The Bertz CT molecular complexity index is 235. The Morgan fingerprint density at radius 3 is 1.89 bits per heavy atom. The topological polar surface area (TPSA) is 3.24 Å². The summed E-state index contributed by atoms with van der Waals surface area (Å²) in [5, 5.41) is 0. The minimum Gasteiger partial charge on any atom is -0.374 e. The smallest absolute Gasteiger partial charge is 0.0357 e. The Morgan fingerprint density at radius 2 is 1.37 bits per heavy atom. The zero-order chi connectivity index (χ0) is 12.9. The molecule has 0 aromatic heterocycles. The van der Waals surface area contributed by atoms with E-state index in [-0.39, 0.29) is 17.0 Å². The second kappa shape index (κ2) is 14.2. The van der Waals surface area contributed by atoms with Gasteiger partial charge < -0.3 is 4.90 Å². The zero-order valence-corrected chi connectivity index (χ0v) is 14.4. The average Bonchev–Trinajstić information content (AvgIpc) is 2.42. The highest BCUT2D eigenvalue weighted by Gasteiger charge is 1.98. The number of unbranched alkanes of at least 4 members (excludes halogenated alkanes) is 9. The van der Waals surface area contributed by atoms with E-state index >= 15 is 0 Å². The zero-order valence-electron chi connectivity index (χ0n) is 12.7. The van der Waals surface area contributed by atoms with Crippen LogP contribution in [0.3, 0.4) is 0 Å². The molecule has 1 rings (SSSR count). The van der Waals surface area contributed by atoms with Crippen LogP contribution < -0.4 is 0 Å². The molecule has 0 spiro atoms. The summed E-state index contributed by atoms with van der Waals surface area (Å²) in [4.78, 5) is 2.41. The lowest BCUT2D eigenvalue weighted by Crippen LogP contribution is -2.19. The normalized spacial score (nSPS) is 13.6. The van der Waals surface area contributed by atoms with Gasteiger partial charge in [0, 0.05) is 13.1 Å². The Labute approximate surface area is 130 Å². The van der Waals surface area contributed by atoms with Crippen molar-refractivity contribution in [2.24, 2.45) is 0 Å². The standard InChI is InChI=1S/C17H31N.BrH/c1-2-3-4-5-6-7-8-9-10-12-15-18-16-13-11-14-17-18;/h11,13-14,16H,2-10,12,15,17H2,1H3;1H. The second-order valence-corrected chi connectivity index (χ2v) is 5.45. The fourth-order valence-electron chi connectivity index (χ4n) is 2.48. The molecule has 1 aliphatic heterocycles. The number of hydrogen-bond acceptors (Lipinski definition) is 1. The van der Waals surface area contributed by atoms with Crippen LogP contribution in [0.5, 0.6) is 0 Å². The molecule has 0 fully saturated rings. The van der Waals surface area contributed by atoms with Gasteiger partial charge in [0.2, 0.25) is 0 Å². The van der Waals surface area contributed by atoms with Crippen molar-refractivity contribution in [3.05, 3.63) is 24.4 Å². The molecule has 0 N–H and O–H groups in total. The van der Waals surface area contributed by atoms with E-state index in [1.165, 1.54) is 70.8 Å². The minimum absolute atomic E-state index is 0. The first kappa shape index (κ1) is 18.8. The maximum atomic E-state index is 2.41. The molecule has 19 heavy (non-hydrogen) atoms. The first-order valence-corrected chi connectivity index (χ1v) is 8.01. The van der Waals surface area contributed by atoms with Gasteiger partial charge in [-0.1, -0.05) is 76.9 Å².